The second kappa shape index (κ2) is 7.79. The first kappa shape index (κ1) is 19.3. The largest absolute Gasteiger partial charge is 0.545 e. The van der Waals surface area contributed by atoms with E-state index in [-0.39, 0.29) is 42.7 Å². The number of carbonyl (C=O) groups excluding carboxylic acids is 4. The van der Waals surface area contributed by atoms with E-state index < -0.39 is 5.97 Å². The van der Waals surface area contributed by atoms with Crippen LogP contribution in [0.15, 0.2) is 60.7 Å². The molecule has 1 N–H and O–H groups in total. The lowest BCUT2D eigenvalue weighted by molar-refractivity contribution is -0.255. The van der Waals surface area contributed by atoms with Gasteiger partial charge in [-0.25, -0.2) is 0 Å². The molecule has 0 aromatic heterocycles. The molecule has 30 heavy (non-hydrogen) atoms. The maximum Gasteiger partial charge on any atom is 0.261 e. The molecule has 0 bridgehead atoms. The Kier molecular flexibility index (Phi) is 5.02. The van der Waals surface area contributed by atoms with Crippen LogP contribution in [-0.2, 0) is 4.79 Å². The molecular formula is C23H17N2O5-. The summed E-state index contributed by atoms with van der Waals surface area (Å²) in [6, 6.07) is 16.4. The molecule has 3 aromatic carbocycles. The molecular weight excluding hydrogens is 384 g/mol. The molecule has 0 radical (unpaired) electrons. The maximum absolute atomic E-state index is 12.8. The number of benzene rings is 3. The maximum atomic E-state index is 12.8. The Bertz CT molecular complexity index is 1150. The zero-order chi connectivity index (χ0) is 21.3. The van der Waals surface area contributed by atoms with Gasteiger partial charge < -0.3 is 15.2 Å². The van der Waals surface area contributed by atoms with Gasteiger partial charge in [0.15, 0.2) is 0 Å². The Hall–Kier alpha value is -4.00. The lowest BCUT2D eigenvalue weighted by atomic mass is 9.94. The van der Waals surface area contributed by atoms with Gasteiger partial charge in [0, 0.05) is 35.2 Å². The van der Waals surface area contributed by atoms with Gasteiger partial charge in [0.1, 0.15) is 0 Å². The Morgan fingerprint density at radius 3 is 2.17 bits per heavy atom. The SMILES string of the molecule is O=C(CCCN1C(=O)c2cccc3cccc(c23)C1=O)Nc1cccc(C(=O)[O-])c1. The van der Waals surface area contributed by atoms with Crippen molar-refractivity contribution in [3.05, 3.63) is 77.4 Å². The molecule has 0 atom stereocenters. The van der Waals surface area contributed by atoms with Crippen molar-refractivity contribution in [2.24, 2.45) is 0 Å². The summed E-state index contributed by atoms with van der Waals surface area (Å²) in [5.74, 6) is -2.41. The normalized spacial score (nSPS) is 12.9. The molecule has 1 heterocycles. The molecule has 1 aliphatic rings. The van der Waals surface area contributed by atoms with E-state index in [9.17, 15) is 24.3 Å². The van der Waals surface area contributed by atoms with Gasteiger partial charge in [0.2, 0.25) is 5.91 Å². The Labute approximate surface area is 171 Å². The van der Waals surface area contributed by atoms with Gasteiger partial charge in [-0.2, -0.15) is 0 Å². The molecule has 0 saturated carbocycles. The van der Waals surface area contributed by atoms with Crippen molar-refractivity contribution < 1.29 is 24.3 Å². The van der Waals surface area contributed by atoms with E-state index in [2.05, 4.69) is 5.32 Å². The number of carboxylic acid groups (broad SMARTS) is 1. The third kappa shape index (κ3) is 3.53. The van der Waals surface area contributed by atoms with Crippen LogP contribution >= 0.6 is 0 Å². The van der Waals surface area contributed by atoms with Gasteiger partial charge in [-0.1, -0.05) is 36.4 Å². The van der Waals surface area contributed by atoms with Gasteiger partial charge in [-0.15, -0.1) is 0 Å². The molecule has 4 rings (SSSR count). The Morgan fingerprint density at radius 1 is 0.900 bits per heavy atom. The summed E-state index contributed by atoms with van der Waals surface area (Å²) in [6.07, 6.45) is 0.347. The fraction of sp³-hybridized carbons (Fsp3) is 0.130. The summed E-state index contributed by atoms with van der Waals surface area (Å²) < 4.78 is 0. The van der Waals surface area contributed by atoms with Crippen LogP contribution in [-0.4, -0.2) is 35.1 Å². The first-order valence-corrected chi connectivity index (χ1v) is 9.45. The number of hydrogen-bond donors (Lipinski definition) is 1. The predicted octanol–water partition coefficient (Wildman–Crippen LogP) is 2.22. The van der Waals surface area contributed by atoms with Crippen LogP contribution in [0.2, 0.25) is 0 Å². The molecule has 3 aromatic rings. The number of nitrogens with one attached hydrogen (secondary N) is 1. The minimum Gasteiger partial charge on any atom is -0.545 e. The standard InChI is InChI=1S/C23H18N2O5/c26-19(24-16-8-1-7-15(13-16)23(29)30)11-4-12-25-21(27)17-9-2-5-14-6-3-10-18(20(14)17)22(25)28/h1-3,5-10,13H,4,11-12H2,(H,24,26)(H,29,30)/p-1. The fourth-order valence-electron chi connectivity index (χ4n) is 3.63. The quantitative estimate of drug-likeness (QED) is 0.638. The number of anilines is 1. The van der Waals surface area contributed by atoms with Crippen molar-refractivity contribution in [1.82, 2.24) is 4.90 Å². The van der Waals surface area contributed by atoms with Crippen molar-refractivity contribution in [2.75, 3.05) is 11.9 Å². The van der Waals surface area contributed by atoms with Crippen molar-refractivity contribution in [3.63, 3.8) is 0 Å². The second-order valence-electron chi connectivity index (χ2n) is 6.99. The average molecular weight is 401 g/mol. The highest BCUT2D eigenvalue weighted by molar-refractivity contribution is 6.25. The highest BCUT2D eigenvalue weighted by Gasteiger charge is 2.32. The third-order valence-electron chi connectivity index (χ3n) is 5.02. The van der Waals surface area contributed by atoms with E-state index in [4.69, 9.17) is 0 Å². The number of nitrogens with zero attached hydrogens (tertiary/aromatic N) is 1. The summed E-state index contributed by atoms with van der Waals surface area (Å²) in [5.41, 5.74) is 1.26. The zero-order valence-electron chi connectivity index (χ0n) is 15.9. The molecule has 150 valence electrons. The van der Waals surface area contributed by atoms with Crippen LogP contribution in [0.1, 0.15) is 43.9 Å². The fourth-order valence-corrected chi connectivity index (χ4v) is 3.63. The van der Waals surface area contributed by atoms with Gasteiger partial charge in [0.25, 0.3) is 11.8 Å². The summed E-state index contributed by atoms with van der Waals surface area (Å²) in [5, 5.41) is 15.0. The Balaban J connectivity index is 1.41. The number of aromatic carboxylic acids is 1. The van der Waals surface area contributed by atoms with Crippen molar-refractivity contribution in [2.45, 2.75) is 12.8 Å². The highest BCUT2D eigenvalue weighted by Crippen LogP contribution is 2.30. The summed E-state index contributed by atoms with van der Waals surface area (Å²) in [7, 11) is 0. The molecule has 0 spiro atoms. The topological polar surface area (TPSA) is 107 Å². The van der Waals surface area contributed by atoms with E-state index in [1.54, 1.807) is 30.3 Å². The zero-order valence-corrected chi connectivity index (χ0v) is 15.9. The Morgan fingerprint density at radius 2 is 1.53 bits per heavy atom. The van der Waals surface area contributed by atoms with Crippen LogP contribution in [0.25, 0.3) is 10.8 Å². The molecule has 0 aliphatic carbocycles. The van der Waals surface area contributed by atoms with Gasteiger partial charge in [-0.3, -0.25) is 19.3 Å². The first-order chi connectivity index (χ1) is 14.5. The van der Waals surface area contributed by atoms with Crippen molar-refractivity contribution in [1.29, 1.82) is 0 Å². The van der Waals surface area contributed by atoms with E-state index in [1.165, 1.54) is 23.1 Å². The number of hydrogen-bond acceptors (Lipinski definition) is 5. The third-order valence-corrected chi connectivity index (χ3v) is 5.02. The van der Waals surface area contributed by atoms with Crippen LogP contribution in [0.4, 0.5) is 5.69 Å². The van der Waals surface area contributed by atoms with Crippen LogP contribution in [0.3, 0.4) is 0 Å². The van der Waals surface area contributed by atoms with Crippen molar-refractivity contribution in [3.8, 4) is 0 Å². The highest BCUT2D eigenvalue weighted by atomic mass is 16.4. The summed E-state index contributed by atoms with van der Waals surface area (Å²) in [4.78, 5) is 49.9. The second-order valence-corrected chi connectivity index (χ2v) is 6.99. The van der Waals surface area contributed by atoms with Gasteiger partial charge >= 0.3 is 0 Å². The number of imide groups is 1. The molecule has 0 unspecified atom stereocenters. The average Bonchev–Trinajstić information content (AvgIpc) is 2.74. The summed E-state index contributed by atoms with van der Waals surface area (Å²) in [6.45, 7) is 0.106. The first-order valence-electron chi connectivity index (χ1n) is 9.45. The molecule has 1 aliphatic heterocycles. The number of carboxylic acids is 1. The predicted molar refractivity (Wildman–Crippen MR) is 108 cm³/mol. The minimum atomic E-state index is -1.33. The number of rotatable bonds is 6. The smallest absolute Gasteiger partial charge is 0.261 e. The molecule has 7 nitrogen and oxygen atoms in total. The number of carbonyl (C=O) groups is 4. The lowest BCUT2D eigenvalue weighted by Gasteiger charge is -2.27. The molecule has 3 amide bonds. The lowest BCUT2D eigenvalue weighted by Crippen LogP contribution is -2.41. The van der Waals surface area contributed by atoms with E-state index in [0.717, 1.165) is 5.39 Å². The van der Waals surface area contributed by atoms with E-state index in [0.29, 0.717) is 22.2 Å². The van der Waals surface area contributed by atoms with E-state index >= 15 is 0 Å². The molecule has 7 heteroatoms. The minimum absolute atomic E-state index is 0.0369. The molecule has 0 fully saturated rings. The van der Waals surface area contributed by atoms with Crippen molar-refractivity contribution >= 4 is 40.2 Å². The van der Waals surface area contributed by atoms with E-state index in [1.807, 2.05) is 12.1 Å². The van der Waals surface area contributed by atoms with Crippen LogP contribution < -0.4 is 10.4 Å². The van der Waals surface area contributed by atoms with Crippen LogP contribution in [0.5, 0.6) is 0 Å². The monoisotopic (exact) mass is 401 g/mol. The van der Waals surface area contributed by atoms with Crippen LogP contribution in [0, 0.1) is 0 Å². The van der Waals surface area contributed by atoms with Gasteiger partial charge in [-0.05, 0) is 41.6 Å². The van der Waals surface area contributed by atoms with Gasteiger partial charge in [0.05, 0.1) is 5.97 Å². The summed E-state index contributed by atoms with van der Waals surface area (Å²) >= 11 is 0. The number of amides is 3. The molecule has 0 saturated heterocycles.